The molecule has 1 aromatic heterocycles. The van der Waals surface area contributed by atoms with E-state index < -0.39 is 0 Å². The number of nitrogens with one attached hydrogen (secondary N) is 2. The number of halogens is 1. The van der Waals surface area contributed by atoms with Crippen molar-refractivity contribution in [2.75, 3.05) is 17.2 Å². The predicted molar refractivity (Wildman–Crippen MR) is 111 cm³/mol. The van der Waals surface area contributed by atoms with Crippen molar-refractivity contribution >= 4 is 17.5 Å². The summed E-state index contributed by atoms with van der Waals surface area (Å²) in [5.41, 5.74) is 2.40. The van der Waals surface area contributed by atoms with E-state index >= 15 is 0 Å². The Balaban J connectivity index is 1.62. The number of aromatic nitrogens is 2. The van der Waals surface area contributed by atoms with Crippen molar-refractivity contribution in [2.24, 2.45) is 0 Å². The molecule has 0 spiro atoms. The fourth-order valence-electron chi connectivity index (χ4n) is 2.76. The molecule has 28 heavy (non-hydrogen) atoms. The number of hydrogen-bond donors (Lipinski definition) is 2. The van der Waals surface area contributed by atoms with Gasteiger partial charge in [-0.3, -0.25) is 0 Å². The Morgan fingerprint density at radius 2 is 1.79 bits per heavy atom. The first-order valence-electron chi connectivity index (χ1n) is 9.36. The third-order valence-corrected chi connectivity index (χ3v) is 3.99. The van der Waals surface area contributed by atoms with Crippen molar-refractivity contribution in [2.45, 2.75) is 33.3 Å². The Bertz CT molecular complexity index is 913. The molecule has 0 aliphatic rings. The van der Waals surface area contributed by atoms with Crippen LogP contribution in [0.3, 0.4) is 0 Å². The van der Waals surface area contributed by atoms with E-state index in [1.54, 1.807) is 12.1 Å². The molecule has 0 radical (unpaired) electrons. The van der Waals surface area contributed by atoms with Gasteiger partial charge in [0.05, 0.1) is 6.10 Å². The second-order valence-corrected chi connectivity index (χ2v) is 6.80. The maximum absolute atomic E-state index is 13.7. The summed E-state index contributed by atoms with van der Waals surface area (Å²) in [6.07, 6.45) is 0.715. The predicted octanol–water partition coefficient (Wildman–Crippen LogP) is 5.11. The van der Waals surface area contributed by atoms with Crippen LogP contribution in [0.4, 0.5) is 21.8 Å². The molecular weight excluding hydrogens is 355 g/mol. The van der Waals surface area contributed by atoms with Gasteiger partial charge in [-0.05, 0) is 63.1 Å². The van der Waals surface area contributed by atoms with Crippen LogP contribution in [-0.2, 0) is 6.42 Å². The topological polar surface area (TPSA) is 59.1 Å². The number of anilines is 3. The summed E-state index contributed by atoms with van der Waals surface area (Å²) >= 11 is 0. The van der Waals surface area contributed by atoms with Crippen LogP contribution in [0.25, 0.3) is 0 Å². The highest BCUT2D eigenvalue weighted by molar-refractivity contribution is 5.56. The smallest absolute Gasteiger partial charge is 0.229 e. The minimum absolute atomic E-state index is 0.136. The molecule has 6 heteroatoms. The van der Waals surface area contributed by atoms with Crippen LogP contribution >= 0.6 is 0 Å². The van der Waals surface area contributed by atoms with E-state index in [2.05, 4.69) is 20.6 Å². The van der Waals surface area contributed by atoms with Crippen LogP contribution in [-0.4, -0.2) is 22.6 Å². The Morgan fingerprint density at radius 3 is 2.50 bits per heavy atom. The van der Waals surface area contributed by atoms with Crippen LogP contribution in [0.5, 0.6) is 5.75 Å². The minimum Gasteiger partial charge on any atom is -0.491 e. The number of nitrogens with zero attached hydrogens (tertiary/aromatic N) is 2. The molecule has 0 saturated carbocycles. The first kappa shape index (κ1) is 19.6. The van der Waals surface area contributed by atoms with Crippen molar-refractivity contribution < 1.29 is 9.13 Å². The quantitative estimate of drug-likeness (QED) is 0.569. The van der Waals surface area contributed by atoms with Gasteiger partial charge in [-0.2, -0.15) is 4.98 Å². The van der Waals surface area contributed by atoms with Crippen LogP contribution in [0.15, 0.2) is 54.6 Å². The average Bonchev–Trinajstić information content (AvgIpc) is 2.64. The van der Waals surface area contributed by atoms with E-state index in [0.717, 1.165) is 17.1 Å². The SMILES string of the molecule is Cc1cc(NCCc2ccccc2F)nc(Nc2ccc(OC(C)C)cc2)n1. The van der Waals surface area contributed by atoms with Crippen LogP contribution < -0.4 is 15.4 Å². The largest absolute Gasteiger partial charge is 0.491 e. The van der Waals surface area contributed by atoms with Crippen molar-refractivity contribution in [3.05, 3.63) is 71.7 Å². The van der Waals surface area contributed by atoms with Gasteiger partial charge in [0, 0.05) is 24.0 Å². The fraction of sp³-hybridized carbons (Fsp3) is 0.273. The van der Waals surface area contributed by atoms with E-state index in [0.29, 0.717) is 30.3 Å². The van der Waals surface area contributed by atoms with Crippen LogP contribution in [0, 0.1) is 12.7 Å². The Kier molecular flexibility index (Phi) is 6.42. The van der Waals surface area contributed by atoms with Gasteiger partial charge in [0.25, 0.3) is 0 Å². The number of aryl methyl sites for hydroxylation is 1. The summed E-state index contributed by atoms with van der Waals surface area (Å²) in [5, 5.41) is 6.45. The van der Waals surface area contributed by atoms with E-state index in [1.165, 1.54) is 6.07 Å². The van der Waals surface area contributed by atoms with Crippen molar-refractivity contribution in [3.63, 3.8) is 0 Å². The summed E-state index contributed by atoms with van der Waals surface area (Å²) < 4.78 is 19.4. The van der Waals surface area contributed by atoms with E-state index in [1.807, 2.05) is 57.2 Å². The molecule has 3 rings (SSSR count). The second-order valence-electron chi connectivity index (χ2n) is 6.80. The van der Waals surface area contributed by atoms with Gasteiger partial charge in [-0.15, -0.1) is 0 Å². The zero-order valence-electron chi connectivity index (χ0n) is 16.4. The number of rotatable bonds is 8. The molecule has 0 amide bonds. The Labute approximate surface area is 165 Å². The molecule has 3 aromatic rings. The lowest BCUT2D eigenvalue weighted by Gasteiger charge is -2.12. The first-order chi connectivity index (χ1) is 13.5. The van der Waals surface area contributed by atoms with Crippen molar-refractivity contribution in [1.29, 1.82) is 0 Å². The molecule has 2 N–H and O–H groups in total. The summed E-state index contributed by atoms with van der Waals surface area (Å²) in [7, 11) is 0. The number of ether oxygens (including phenoxy) is 1. The zero-order valence-corrected chi connectivity index (χ0v) is 16.4. The van der Waals surface area contributed by atoms with Crippen molar-refractivity contribution in [1.82, 2.24) is 9.97 Å². The highest BCUT2D eigenvalue weighted by atomic mass is 19.1. The lowest BCUT2D eigenvalue weighted by molar-refractivity contribution is 0.242. The van der Waals surface area contributed by atoms with Crippen LogP contribution in [0.1, 0.15) is 25.1 Å². The number of hydrogen-bond acceptors (Lipinski definition) is 5. The van der Waals surface area contributed by atoms with E-state index in [4.69, 9.17) is 4.74 Å². The highest BCUT2D eigenvalue weighted by Crippen LogP contribution is 2.20. The summed E-state index contributed by atoms with van der Waals surface area (Å²) in [4.78, 5) is 8.92. The van der Waals surface area contributed by atoms with Gasteiger partial charge in [0.1, 0.15) is 17.4 Å². The second kappa shape index (κ2) is 9.17. The van der Waals surface area contributed by atoms with Gasteiger partial charge in [0.15, 0.2) is 0 Å². The first-order valence-corrected chi connectivity index (χ1v) is 9.36. The summed E-state index contributed by atoms with van der Waals surface area (Å²) in [5.74, 6) is 1.84. The van der Waals surface area contributed by atoms with E-state index in [9.17, 15) is 4.39 Å². The molecule has 0 fully saturated rings. The standard InChI is InChI=1S/C22H25FN4O/c1-15(2)28-19-10-8-18(9-11-19)26-22-25-16(3)14-21(27-22)24-13-12-17-6-4-5-7-20(17)23/h4-11,14-15H,12-13H2,1-3H3,(H2,24,25,26,27). The summed E-state index contributed by atoms with van der Waals surface area (Å²) in [6, 6.07) is 16.3. The Morgan fingerprint density at radius 1 is 1.04 bits per heavy atom. The zero-order chi connectivity index (χ0) is 19.9. The Hall–Kier alpha value is -3.15. The molecule has 0 atom stereocenters. The third kappa shape index (κ3) is 5.67. The molecule has 0 saturated heterocycles. The molecular formula is C22H25FN4O. The highest BCUT2D eigenvalue weighted by Gasteiger charge is 2.05. The van der Waals surface area contributed by atoms with Gasteiger partial charge in [-0.1, -0.05) is 18.2 Å². The monoisotopic (exact) mass is 380 g/mol. The minimum atomic E-state index is -0.185. The van der Waals surface area contributed by atoms with Crippen LogP contribution in [0.2, 0.25) is 0 Å². The van der Waals surface area contributed by atoms with Gasteiger partial charge >= 0.3 is 0 Å². The lowest BCUT2D eigenvalue weighted by Crippen LogP contribution is -2.09. The molecule has 2 aromatic carbocycles. The average molecular weight is 380 g/mol. The van der Waals surface area contributed by atoms with Gasteiger partial charge in [-0.25, -0.2) is 9.37 Å². The third-order valence-electron chi connectivity index (χ3n) is 3.99. The summed E-state index contributed by atoms with van der Waals surface area (Å²) in [6.45, 7) is 6.48. The molecule has 0 bridgehead atoms. The molecule has 0 unspecified atom stereocenters. The molecule has 0 aliphatic heterocycles. The maximum Gasteiger partial charge on any atom is 0.229 e. The van der Waals surface area contributed by atoms with Crippen molar-refractivity contribution in [3.8, 4) is 5.75 Å². The normalized spacial score (nSPS) is 10.8. The molecule has 0 aliphatic carbocycles. The fourth-order valence-corrected chi connectivity index (χ4v) is 2.76. The number of benzene rings is 2. The van der Waals surface area contributed by atoms with Gasteiger partial charge < -0.3 is 15.4 Å². The molecule has 5 nitrogen and oxygen atoms in total. The molecule has 146 valence electrons. The van der Waals surface area contributed by atoms with Gasteiger partial charge in [0.2, 0.25) is 5.95 Å². The maximum atomic E-state index is 13.7. The van der Waals surface area contributed by atoms with E-state index in [-0.39, 0.29) is 11.9 Å². The lowest BCUT2D eigenvalue weighted by atomic mass is 10.1. The molecule has 1 heterocycles.